The van der Waals surface area contributed by atoms with Crippen LogP contribution >= 0.6 is 35.0 Å². The predicted molar refractivity (Wildman–Crippen MR) is 156 cm³/mol. The predicted octanol–water partition coefficient (Wildman–Crippen LogP) is 5.46. The Morgan fingerprint density at radius 2 is 1.73 bits per heavy atom. The van der Waals surface area contributed by atoms with Gasteiger partial charge in [-0.25, -0.2) is 0 Å². The molecule has 3 heterocycles. The van der Waals surface area contributed by atoms with Gasteiger partial charge >= 0.3 is 0 Å². The van der Waals surface area contributed by atoms with E-state index in [1.165, 1.54) is 22.5 Å². The van der Waals surface area contributed by atoms with Crippen LogP contribution in [-0.4, -0.2) is 89.0 Å². The van der Waals surface area contributed by atoms with E-state index in [9.17, 15) is 4.79 Å². The summed E-state index contributed by atoms with van der Waals surface area (Å²) in [7, 11) is 0. The SMILES string of the molecule is CC(c1c[nH]c2ccccc12)[C@@H]1CN(CC#CCN2CCSCC2)CCN1C(=O)c1cc(Cl)cc(Cl)c1. The molecule has 0 bridgehead atoms. The van der Waals surface area contributed by atoms with Gasteiger partial charge in [-0.3, -0.25) is 14.6 Å². The van der Waals surface area contributed by atoms with E-state index in [4.69, 9.17) is 23.2 Å². The summed E-state index contributed by atoms with van der Waals surface area (Å²) >= 11 is 14.5. The first-order chi connectivity index (χ1) is 18.0. The van der Waals surface area contributed by atoms with E-state index in [0.717, 1.165) is 38.2 Å². The first-order valence-corrected chi connectivity index (χ1v) is 14.7. The molecule has 0 spiro atoms. The number of nitrogens with zero attached hydrogens (tertiary/aromatic N) is 3. The van der Waals surface area contributed by atoms with Crippen molar-refractivity contribution in [2.45, 2.75) is 18.9 Å². The number of hydrogen-bond donors (Lipinski definition) is 1. The molecule has 2 atom stereocenters. The Morgan fingerprint density at radius 1 is 1.03 bits per heavy atom. The highest BCUT2D eigenvalue weighted by atomic mass is 35.5. The molecule has 0 saturated carbocycles. The van der Waals surface area contributed by atoms with Gasteiger partial charge in [0, 0.05) is 82.9 Å². The maximum absolute atomic E-state index is 13.7. The lowest BCUT2D eigenvalue weighted by atomic mass is 9.89. The highest BCUT2D eigenvalue weighted by molar-refractivity contribution is 7.99. The molecule has 5 nitrogen and oxygen atoms in total. The minimum atomic E-state index is -0.0326. The molecular weight excluding hydrogens is 523 g/mol. The summed E-state index contributed by atoms with van der Waals surface area (Å²) in [6, 6.07) is 13.4. The third-order valence-corrected chi connectivity index (χ3v) is 8.78. The van der Waals surface area contributed by atoms with Crippen LogP contribution in [0.3, 0.4) is 0 Å². The average molecular weight is 556 g/mol. The van der Waals surface area contributed by atoms with E-state index < -0.39 is 0 Å². The molecule has 1 N–H and O–H groups in total. The number of hydrogen-bond acceptors (Lipinski definition) is 4. The molecule has 0 radical (unpaired) electrons. The van der Waals surface area contributed by atoms with Crippen LogP contribution in [-0.2, 0) is 0 Å². The molecule has 2 saturated heterocycles. The van der Waals surface area contributed by atoms with Crippen molar-refractivity contribution in [2.75, 3.05) is 57.3 Å². The number of H-pyrrole nitrogens is 1. The van der Waals surface area contributed by atoms with Crippen molar-refractivity contribution in [3.05, 3.63) is 69.8 Å². The summed E-state index contributed by atoms with van der Waals surface area (Å²) in [5.41, 5.74) is 2.86. The van der Waals surface area contributed by atoms with Gasteiger partial charge in [-0.2, -0.15) is 11.8 Å². The summed E-state index contributed by atoms with van der Waals surface area (Å²) in [6.07, 6.45) is 2.09. The number of carbonyl (C=O) groups is 1. The van der Waals surface area contributed by atoms with Crippen molar-refractivity contribution >= 4 is 51.8 Å². The van der Waals surface area contributed by atoms with Crippen molar-refractivity contribution in [1.82, 2.24) is 19.7 Å². The lowest BCUT2D eigenvalue weighted by Gasteiger charge is -2.43. The number of para-hydroxylation sites is 1. The van der Waals surface area contributed by atoms with Crippen molar-refractivity contribution < 1.29 is 4.79 Å². The third kappa shape index (κ3) is 6.30. The minimum absolute atomic E-state index is 0.0147. The van der Waals surface area contributed by atoms with E-state index in [2.05, 4.69) is 57.9 Å². The van der Waals surface area contributed by atoms with Crippen LogP contribution in [0.2, 0.25) is 10.0 Å². The second-order valence-electron chi connectivity index (χ2n) is 9.78. The van der Waals surface area contributed by atoms with Gasteiger partial charge in [0.1, 0.15) is 0 Å². The van der Waals surface area contributed by atoms with E-state index in [0.29, 0.717) is 28.7 Å². The minimum Gasteiger partial charge on any atom is -0.361 e. The number of carbonyl (C=O) groups excluding carboxylic acids is 1. The molecule has 2 aromatic carbocycles. The first-order valence-electron chi connectivity index (χ1n) is 12.8. The van der Waals surface area contributed by atoms with Crippen LogP contribution in [0.1, 0.15) is 28.8 Å². The maximum Gasteiger partial charge on any atom is 0.254 e. The topological polar surface area (TPSA) is 42.6 Å². The number of thioether (sulfide) groups is 1. The molecule has 37 heavy (non-hydrogen) atoms. The molecule has 2 aliphatic rings. The number of rotatable bonds is 5. The van der Waals surface area contributed by atoms with Gasteiger partial charge in [-0.15, -0.1) is 0 Å². The quantitative estimate of drug-likeness (QED) is 0.425. The van der Waals surface area contributed by atoms with E-state index >= 15 is 0 Å². The van der Waals surface area contributed by atoms with Gasteiger partial charge in [0.05, 0.1) is 19.1 Å². The Balaban J connectivity index is 1.36. The smallest absolute Gasteiger partial charge is 0.254 e. The molecule has 0 aliphatic carbocycles. The molecule has 3 aromatic rings. The number of amides is 1. The fourth-order valence-electron chi connectivity index (χ4n) is 5.31. The summed E-state index contributed by atoms with van der Waals surface area (Å²) in [5, 5.41) is 2.14. The molecule has 5 rings (SSSR count). The summed E-state index contributed by atoms with van der Waals surface area (Å²) in [6.45, 7) is 8.19. The van der Waals surface area contributed by atoms with Crippen molar-refractivity contribution in [2.24, 2.45) is 0 Å². The number of nitrogens with one attached hydrogen (secondary N) is 1. The van der Waals surface area contributed by atoms with E-state index in [1.54, 1.807) is 18.2 Å². The van der Waals surface area contributed by atoms with Crippen molar-refractivity contribution in [3.8, 4) is 11.8 Å². The Morgan fingerprint density at radius 3 is 2.49 bits per heavy atom. The van der Waals surface area contributed by atoms with Gasteiger partial charge in [-0.1, -0.05) is 60.2 Å². The zero-order valence-corrected chi connectivity index (χ0v) is 23.4. The Bertz CT molecular complexity index is 1290. The Kier molecular flexibility index (Phi) is 8.69. The lowest BCUT2D eigenvalue weighted by Crippen LogP contribution is -2.57. The van der Waals surface area contributed by atoms with Crippen LogP contribution < -0.4 is 0 Å². The second kappa shape index (κ2) is 12.1. The lowest BCUT2D eigenvalue weighted by molar-refractivity contribution is 0.0432. The van der Waals surface area contributed by atoms with Gasteiger partial charge in [0.25, 0.3) is 5.91 Å². The number of benzene rings is 2. The molecular formula is C29H32Cl2N4OS. The van der Waals surface area contributed by atoms with Crippen LogP contribution in [0, 0.1) is 11.8 Å². The molecule has 1 unspecified atom stereocenters. The molecule has 1 amide bonds. The second-order valence-corrected chi connectivity index (χ2v) is 11.9. The Hall–Kier alpha value is -2.14. The van der Waals surface area contributed by atoms with Crippen molar-refractivity contribution in [3.63, 3.8) is 0 Å². The molecule has 2 aliphatic heterocycles. The number of aromatic amines is 1. The molecule has 2 fully saturated rings. The number of fused-ring (bicyclic) bond motifs is 1. The third-order valence-electron chi connectivity index (χ3n) is 7.40. The van der Waals surface area contributed by atoms with E-state index in [-0.39, 0.29) is 17.9 Å². The van der Waals surface area contributed by atoms with Crippen LogP contribution in [0.5, 0.6) is 0 Å². The van der Waals surface area contributed by atoms with E-state index in [1.807, 2.05) is 22.7 Å². The molecule has 1 aromatic heterocycles. The van der Waals surface area contributed by atoms with Crippen molar-refractivity contribution in [1.29, 1.82) is 0 Å². The normalized spacial score (nSPS) is 20.0. The van der Waals surface area contributed by atoms with Crippen LogP contribution in [0.15, 0.2) is 48.7 Å². The maximum atomic E-state index is 13.7. The van der Waals surface area contributed by atoms with Gasteiger partial charge < -0.3 is 9.88 Å². The average Bonchev–Trinajstić information content (AvgIpc) is 3.34. The van der Waals surface area contributed by atoms with Gasteiger partial charge in [0.15, 0.2) is 0 Å². The highest BCUT2D eigenvalue weighted by Gasteiger charge is 2.35. The zero-order chi connectivity index (χ0) is 25.8. The number of aromatic nitrogens is 1. The molecule has 8 heteroatoms. The van der Waals surface area contributed by atoms with Crippen LogP contribution in [0.4, 0.5) is 0 Å². The zero-order valence-electron chi connectivity index (χ0n) is 21.1. The highest BCUT2D eigenvalue weighted by Crippen LogP contribution is 2.33. The number of halogens is 2. The Labute approximate surface area is 233 Å². The fraction of sp³-hybridized carbons (Fsp3) is 0.414. The largest absolute Gasteiger partial charge is 0.361 e. The monoisotopic (exact) mass is 554 g/mol. The summed E-state index contributed by atoms with van der Waals surface area (Å²) in [5.74, 6) is 9.26. The standard InChI is InChI=1S/C29H32Cl2N4OS/c1-21(26-19-32-27-7-3-2-6-25(26)27)28-20-34(9-5-4-8-33-12-14-37-15-13-33)10-11-35(28)29(36)22-16-23(30)18-24(31)17-22/h2-3,6-7,16-19,21,28,32H,8-15,20H2,1H3/t21?,28-/m0/s1. The van der Waals surface area contributed by atoms with Gasteiger partial charge in [0.2, 0.25) is 0 Å². The van der Waals surface area contributed by atoms with Gasteiger partial charge in [-0.05, 0) is 29.8 Å². The van der Waals surface area contributed by atoms with Crippen LogP contribution in [0.25, 0.3) is 10.9 Å². The first kappa shape index (κ1) is 26.5. The fourth-order valence-corrected chi connectivity index (χ4v) is 6.81. The summed E-state index contributed by atoms with van der Waals surface area (Å²) < 4.78 is 0. The summed E-state index contributed by atoms with van der Waals surface area (Å²) in [4.78, 5) is 24.0. The molecule has 194 valence electrons. The number of piperazine rings is 1.